The van der Waals surface area contributed by atoms with Gasteiger partial charge in [0.1, 0.15) is 0 Å². The van der Waals surface area contributed by atoms with Gasteiger partial charge in [0.2, 0.25) is 10.0 Å². The van der Waals surface area contributed by atoms with Crippen LogP contribution in [0.3, 0.4) is 0 Å². The summed E-state index contributed by atoms with van der Waals surface area (Å²) >= 11 is 0. The fourth-order valence-electron chi connectivity index (χ4n) is 1.53. The second-order valence-corrected chi connectivity index (χ2v) is 6.68. The molecule has 6 nitrogen and oxygen atoms in total. The van der Waals surface area contributed by atoms with Gasteiger partial charge in [0, 0.05) is 2.74 Å². The third-order valence-electron chi connectivity index (χ3n) is 2.65. The van der Waals surface area contributed by atoms with Gasteiger partial charge in [-0.05, 0) is 58.2 Å². The number of azo groups is 1. The number of hydrogen-bond donors (Lipinski definition) is 1. The maximum atomic E-state index is 11.4. The van der Waals surface area contributed by atoms with Crippen LogP contribution in [0.15, 0.2) is 34.5 Å². The van der Waals surface area contributed by atoms with E-state index in [9.17, 15) is 8.42 Å². The molecular weight excluding hydrogens is 288 g/mol. The van der Waals surface area contributed by atoms with Crippen LogP contribution in [-0.4, -0.2) is 47.5 Å². The lowest BCUT2D eigenvalue weighted by Gasteiger charge is -2.07. The minimum atomic E-state index is -3.27. The number of benzene rings is 1. The molecular formula is C14H24N4O2S. The van der Waals surface area contributed by atoms with Crippen molar-refractivity contribution in [3.05, 3.63) is 29.8 Å². The van der Waals surface area contributed by atoms with Gasteiger partial charge in [-0.1, -0.05) is 12.1 Å². The Bertz CT molecular complexity index is 616. The Balaban J connectivity index is 2.46. The molecule has 0 aliphatic rings. The molecule has 0 atom stereocenters. The van der Waals surface area contributed by atoms with Gasteiger partial charge in [0.25, 0.3) is 0 Å². The van der Waals surface area contributed by atoms with E-state index in [1.807, 2.05) is 0 Å². The second kappa shape index (κ2) is 8.86. The van der Waals surface area contributed by atoms with Crippen LogP contribution >= 0.6 is 0 Å². The summed E-state index contributed by atoms with van der Waals surface area (Å²) in [5, 5.41) is 8.09. The summed E-state index contributed by atoms with van der Waals surface area (Å²) in [6, 6.07) is 6.83. The predicted molar refractivity (Wildman–Crippen MR) is 85.3 cm³/mol. The van der Waals surface area contributed by atoms with E-state index in [1.165, 1.54) is 7.05 Å². The molecule has 0 radical (unpaired) electrons. The zero-order valence-electron chi connectivity index (χ0n) is 14.7. The summed E-state index contributed by atoms with van der Waals surface area (Å²) in [4.78, 5) is 1.54. The van der Waals surface area contributed by atoms with Crippen LogP contribution in [0.5, 0.6) is 0 Å². The first-order valence-electron chi connectivity index (χ1n) is 7.71. The molecule has 0 bridgehead atoms. The van der Waals surface area contributed by atoms with Gasteiger partial charge in [-0.25, -0.2) is 13.1 Å². The van der Waals surface area contributed by atoms with Gasteiger partial charge < -0.3 is 4.90 Å². The van der Waals surface area contributed by atoms with Crippen LogP contribution < -0.4 is 4.72 Å². The van der Waals surface area contributed by atoms with E-state index in [0.29, 0.717) is 30.6 Å². The van der Waals surface area contributed by atoms with E-state index in [-0.39, 0.29) is 5.75 Å². The Morgan fingerprint density at radius 1 is 1.24 bits per heavy atom. The van der Waals surface area contributed by atoms with Crippen molar-refractivity contribution in [2.75, 3.05) is 34.2 Å². The van der Waals surface area contributed by atoms with Crippen LogP contribution in [0.4, 0.5) is 5.69 Å². The van der Waals surface area contributed by atoms with Gasteiger partial charge in [0.15, 0.2) is 0 Å². The summed E-state index contributed by atoms with van der Waals surface area (Å²) in [6.07, 6.45) is 0.993. The predicted octanol–water partition coefficient (Wildman–Crippen LogP) is 2.16. The van der Waals surface area contributed by atoms with E-state index in [2.05, 4.69) is 15.0 Å². The molecule has 21 heavy (non-hydrogen) atoms. The number of rotatable bonds is 9. The van der Waals surface area contributed by atoms with Gasteiger partial charge >= 0.3 is 0 Å². The maximum Gasteiger partial charge on any atom is 0.215 e. The van der Waals surface area contributed by atoms with Crippen molar-refractivity contribution in [1.29, 1.82) is 0 Å². The van der Waals surface area contributed by atoms with E-state index in [0.717, 1.165) is 0 Å². The Hall–Kier alpha value is -1.31. The van der Waals surface area contributed by atoms with Crippen molar-refractivity contribution in [3.8, 4) is 0 Å². The average molecular weight is 314 g/mol. The van der Waals surface area contributed by atoms with Crippen molar-refractivity contribution in [1.82, 2.24) is 9.62 Å². The fourth-order valence-corrected chi connectivity index (χ4v) is 2.31. The third kappa shape index (κ3) is 7.89. The van der Waals surface area contributed by atoms with Crippen molar-refractivity contribution in [2.45, 2.75) is 18.6 Å². The number of nitrogens with one attached hydrogen (secondary N) is 1. The maximum absolute atomic E-state index is 11.4. The molecule has 1 aromatic rings. The highest BCUT2D eigenvalue weighted by Gasteiger charge is 2.07. The highest BCUT2D eigenvalue weighted by atomic mass is 32.2. The summed E-state index contributed by atoms with van der Waals surface area (Å²) in [5.41, 5.74) is 1.32. The average Bonchev–Trinajstić information content (AvgIpc) is 2.48. The fraction of sp³-hybridized carbons (Fsp3) is 0.571. The Labute approximate surface area is 130 Å². The lowest BCUT2D eigenvalue weighted by molar-refractivity contribution is 0.395. The molecule has 0 spiro atoms. The Morgan fingerprint density at radius 2 is 1.90 bits per heavy atom. The molecule has 7 heteroatoms. The van der Waals surface area contributed by atoms with E-state index < -0.39 is 16.5 Å². The van der Waals surface area contributed by atoms with E-state index in [1.54, 1.807) is 43.3 Å². The largest absolute Gasteiger partial charge is 0.309 e. The molecule has 1 rings (SSSR count). The summed E-state index contributed by atoms with van der Waals surface area (Å²) < 4.78 is 40.7. The molecule has 0 heterocycles. The van der Waals surface area contributed by atoms with Crippen LogP contribution in [0.25, 0.3) is 0 Å². The van der Waals surface area contributed by atoms with Gasteiger partial charge in [0.05, 0.1) is 18.0 Å². The smallest absolute Gasteiger partial charge is 0.215 e. The van der Waals surface area contributed by atoms with E-state index in [4.69, 9.17) is 2.74 Å². The summed E-state index contributed by atoms with van der Waals surface area (Å²) in [5.74, 6) is -0.0689. The van der Waals surface area contributed by atoms with Crippen LogP contribution in [-0.2, 0) is 15.8 Å². The molecule has 0 unspecified atom stereocenters. The van der Waals surface area contributed by atoms with Crippen LogP contribution in [0.1, 0.15) is 21.1 Å². The SMILES string of the molecule is [2H]C([2H])(CCCN=Nc1ccc(CS(=O)(=O)NC)cc1)N(C)C. The Kier molecular flexibility index (Phi) is 6.17. The first-order valence-corrected chi connectivity index (χ1v) is 8.36. The third-order valence-corrected chi connectivity index (χ3v) is 3.99. The highest BCUT2D eigenvalue weighted by molar-refractivity contribution is 7.88. The summed E-state index contributed by atoms with van der Waals surface area (Å²) in [7, 11) is 1.52. The first-order chi connectivity index (χ1) is 10.7. The second-order valence-electron chi connectivity index (χ2n) is 4.75. The van der Waals surface area contributed by atoms with Crippen molar-refractivity contribution in [3.63, 3.8) is 0 Å². The van der Waals surface area contributed by atoms with Crippen molar-refractivity contribution >= 4 is 15.7 Å². The van der Waals surface area contributed by atoms with Crippen molar-refractivity contribution in [2.24, 2.45) is 10.2 Å². The molecule has 0 saturated heterocycles. The van der Waals surface area contributed by atoms with Gasteiger partial charge in [-0.3, -0.25) is 0 Å². The molecule has 0 amide bonds. The molecule has 0 fully saturated rings. The van der Waals surface area contributed by atoms with Crippen LogP contribution in [0.2, 0.25) is 0 Å². The molecule has 0 aliphatic heterocycles. The molecule has 1 N–H and O–H groups in total. The van der Waals surface area contributed by atoms with E-state index >= 15 is 0 Å². The zero-order chi connectivity index (χ0) is 17.5. The highest BCUT2D eigenvalue weighted by Crippen LogP contribution is 2.15. The standard InChI is InChI=1S/C14H24N4O2S/c1-15-21(19,20)12-13-6-8-14(9-7-13)17-16-10-4-5-11-18(2)3/h6-9,15H,4-5,10-12H2,1-3H3/i11D2. The quantitative estimate of drug-likeness (QED) is 0.560. The number of nitrogens with zero attached hydrogens (tertiary/aromatic N) is 3. The first kappa shape index (κ1) is 14.6. The minimum absolute atomic E-state index is 0.0689. The molecule has 118 valence electrons. The van der Waals surface area contributed by atoms with Gasteiger partial charge in [-0.2, -0.15) is 10.2 Å². The summed E-state index contributed by atoms with van der Waals surface area (Å²) in [6.45, 7) is -0.890. The lowest BCUT2D eigenvalue weighted by Crippen LogP contribution is -2.20. The monoisotopic (exact) mass is 314 g/mol. The molecule has 0 saturated carbocycles. The molecule has 0 aromatic heterocycles. The van der Waals surface area contributed by atoms with Gasteiger partial charge in [-0.15, -0.1) is 0 Å². The normalized spacial score (nSPS) is 14.5. The minimum Gasteiger partial charge on any atom is -0.309 e. The molecule has 1 aromatic carbocycles. The van der Waals surface area contributed by atoms with Crippen molar-refractivity contribution < 1.29 is 11.2 Å². The number of hydrogen-bond acceptors (Lipinski definition) is 5. The number of sulfonamides is 1. The lowest BCUT2D eigenvalue weighted by atomic mass is 10.2. The molecule has 0 aliphatic carbocycles. The Morgan fingerprint density at radius 3 is 2.48 bits per heavy atom. The topological polar surface area (TPSA) is 74.1 Å². The zero-order valence-corrected chi connectivity index (χ0v) is 13.5. The van der Waals surface area contributed by atoms with Crippen LogP contribution in [0, 0.1) is 0 Å².